The third-order valence-corrected chi connectivity index (χ3v) is 5.78. The van der Waals surface area contributed by atoms with Crippen molar-refractivity contribution in [1.82, 2.24) is 10.2 Å². The van der Waals surface area contributed by atoms with Crippen LogP contribution in [-0.2, 0) is 4.74 Å². The summed E-state index contributed by atoms with van der Waals surface area (Å²) in [6.45, 7) is 3.69. The van der Waals surface area contributed by atoms with Gasteiger partial charge in [0.15, 0.2) is 0 Å². The van der Waals surface area contributed by atoms with Crippen LogP contribution in [-0.4, -0.2) is 54.1 Å². The highest BCUT2D eigenvalue weighted by Crippen LogP contribution is 2.34. The van der Waals surface area contributed by atoms with Crippen molar-refractivity contribution in [3.05, 3.63) is 38.9 Å². The van der Waals surface area contributed by atoms with Crippen molar-refractivity contribution in [2.45, 2.75) is 37.6 Å². The molecule has 0 atom stereocenters. The quantitative estimate of drug-likeness (QED) is 0.626. The first-order valence-electron chi connectivity index (χ1n) is 9.07. The van der Waals surface area contributed by atoms with E-state index in [1.54, 1.807) is 0 Å². The molecule has 26 heavy (non-hydrogen) atoms. The number of nitrogens with zero attached hydrogens (tertiary/aromatic N) is 2. The smallest absolute Gasteiger partial charge is 0.270 e. The molecule has 142 valence electrons. The number of halogens is 1. The molecular formula is C18H24ClN3O4. The van der Waals surface area contributed by atoms with Gasteiger partial charge in [0.1, 0.15) is 0 Å². The third-order valence-electron chi connectivity index (χ3n) is 5.45. The van der Waals surface area contributed by atoms with Crippen molar-refractivity contribution in [2.75, 3.05) is 32.8 Å². The summed E-state index contributed by atoms with van der Waals surface area (Å²) in [4.78, 5) is 25.5. The van der Waals surface area contributed by atoms with Crippen molar-refractivity contribution >= 4 is 23.2 Å². The van der Waals surface area contributed by atoms with E-state index >= 15 is 0 Å². The Labute approximate surface area is 157 Å². The van der Waals surface area contributed by atoms with Crippen LogP contribution in [0.3, 0.4) is 0 Å². The van der Waals surface area contributed by atoms with Crippen LogP contribution in [0.5, 0.6) is 0 Å². The van der Waals surface area contributed by atoms with Gasteiger partial charge in [0.05, 0.1) is 28.7 Å². The largest absolute Gasteiger partial charge is 0.379 e. The number of rotatable bonds is 5. The van der Waals surface area contributed by atoms with Gasteiger partial charge in [0.2, 0.25) is 0 Å². The average molecular weight is 382 g/mol. The fourth-order valence-corrected chi connectivity index (χ4v) is 4.20. The van der Waals surface area contributed by atoms with Crippen molar-refractivity contribution in [1.29, 1.82) is 0 Å². The number of morpholine rings is 1. The minimum atomic E-state index is -0.524. The van der Waals surface area contributed by atoms with Gasteiger partial charge in [-0.25, -0.2) is 0 Å². The number of nitro benzene ring substituents is 1. The number of hydrogen-bond donors (Lipinski definition) is 1. The molecule has 0 unspecified atom stereocenters. The lowest BCUT2D eigenvalue weighted by Gasteiger charge is -2.48. The fraction of sp³-hybridized carbons (Fsp3) is 0.611. The first-order chi connectivity index (χ1) is 12.5. The Hall–Kier alpha value is -1.70. The summed E-state index contributed by atoms with van der Waals surface area (Å²) in [6.07, 6.45) is 5.58. The number of non-ortho nitro benzene ring substituents is 1. The molecule has 1 aliphatic carbocycles. The third kappa shape index (κ3) is 4.16. The predicted molar refractivity (Wildman–Crippen MR) is 98.6 cm³/mol. The fourth-order valence-electron chi connectivity index (χ4n) is 3.99. The summed E-state index contributed by atoms with van der Waals surface area (Å²) in [5.41, 5.74) is -0.0564. The standard InChI is InChI=1S/C18H24ClN3O4/c19-16-5-4-14(22(24)25)12-15(16)17(23)20-13-18(6-2-1-3-7-18)21-8-10-26-11-9-21/h4-5,12H,1-3,6-11,13H2,(H,20,23). The normalized spacial score (nSPS) is 20.5. The summed E-state index contributed by atoms with van der Waals surface area (Å²) < 4.78 is 5.47. The summed E-state index contributed by atoms with van der Waals surface area (Å²) in [5.74, 6) is -0.364. The predicted octanol–water partition coefficient (Wildman–Crippen LogP) is 3.01. The van der Waals surface area contributed by atoms with E-state index in [0.29, 0.717) is 19.8 Å². The summed E-state index contributed by atoms with van der Waals surface area (Å²) in [6, 6.07) is 3.93. The number of benzene rings is 1. The average Bonchev–Trinajstić information content (AvgIpc) is 2.67. The highest BCUT2D eigenvalue weighted by Gasteiger charge is 2.39. The molecule has 0 spiro atoms. The van der Waals surface area contributed by atoms with Gasteiger partial charge in [-0.1, -0.05) is 30.9 Å². The van der Waals surface area contributed by atoms with E-state index in [2.05, 4.69) is 10.2 Å². The molecule has 1 amide bonds. The molecule has 1 aromatic carbocycles. The number of carbonyl (C=O) groups excluding carboxylic acids is 1. The molecule has 0 bridgehead atoms. The Morgan fingerprint density at radius 3 is 2.62 bits per heavy atom. The summed E-state index contributed by atoms with van der Waals surface area (Å²) in [5, 5.41) is 14.2. The molecule has 1 saturated heterocycles. The minimum Gasteiger partial charge on any atom is -0.379 e. The van der Waals surface area contributed by atoms with Crippen LogP contribution < -0.4 is 5.32 Å². The minimum absolute atomic E-state index is 0.0646. The van der Waals surface area contributed by atoms with Gasteiger partial charge < -0.3 is 10.1 Å². The van der Waals surface area contributed by atoms with E-state index in [4.69, 9.17) is 16.3 Å². The Balaban J connectivity index is 1.73. The molecule has 2 aliphatic rings. The maximum Gasteiger partial charge on any atom is 0.270 e. The molecule has 1 aliphatic heterocycles. The van der Waals surface area contributed by atoms with Crippen LogP contribution in [0.1, 0.15) is 42.5 Å². The molecule has 1 heterocycles. The molecule has 1 aromatic rings. The Kier molecular flexibility index (Phi) is 6.11. The maximum atomic E-state index is 12.6. The monoisotopic (exact) mass is 381 g/mol. The first-order valence-corrected chi connectivity index (χ1v) is 9.45. The lowest BCUT2D eigenvalue weighted by molar-refractivity contribution is -0.384. The van der Waals surface area contributed by atoms with E-state index in [9.17, 15) is 14.9 Å². The van der Waals surface area contributed by atoms with E-state index < -0.39 is 4.92 Å². The van der Waals surface area contributed by atoms with Crippen molar-refractivity contribution in [2.24, 2.45) is 0 Å². The van der Waals surface area contributed by atoms with Crippen LogP contribution in [0.4, 0.5) is 5.69 Å². The van der Waals surface area contributed by atoms with E-state index in [0.717, 1.165) is 38.8 Å². The topological polar surface area (TPSA) is 84.7 Å². The number of ether oxygens (including phenoxy) is 1. The van der Waals surface area contributed by atoms with Gasteiger partial charge in [0.25, 0.3) is 11.6 Å². The maximum absolute atomic E-state index is 12.6. The molecule has 1 N–H and O–H groups in total. The van der Waals surface area contributed by atoms with E-state index in [1.807, 2.05) is 0 Å². The molecule has 7 nitrogen and oxygen atoms in total. The Bertz CT molecular complexity index is 670. The molecule has 0 radical (unpaired) electrons. The van der Waals surface area contributed by atoms with Gasteiger partial charge in [-0.05, 0) is 18.9 Å². The van der Waals surface area contributed by atoms with Crippen molar-refractivity contribution in [3.8, 4) is 0 Å². The highest BCUT2D eigenvalue weighted by molar-refractivity contribution is 6.33. The molecule has 2 fully saturated rings. The highest BCUT2D eigenvalue weighted by atomic mass is 35.5. The van der Waals surface area contributed by atoms with Crippen LogP contribution in [0, 0.1) is 10.1 Å². The lowest BCUT2D eigenvalue weighted by atomic mass is 9.79. The van der Waals surface area contributed by atoms with E-state index in [-0.39, 0.29) is 27.7 Å². The number of nitrogens with one attached hydrogen (secondary N) is 1. The van der Waals surface area contributed by atoms with Crippen LogP contribution in [0.2, 0.25) is 5.02 Å². The molecule has 0 aromatic heterocycles. The SMILES string of the molecule is O=C(NCC1(N2CCOCC2)CCCCC1)c1cc([N+](=O)[O-])ccc1Cl. The van der Waals surface area contributed by atoms with Gasteiger partial charge >= 0.3 is 0 Å². The lowest BCUT2D eigenvalue weighted by Crippen LogP contribution is -2.59. The molecular weight excluding hydrogens is 358 g/mol. The van der Waals surface area contributed by atoms with Gasteiger partial charge in [-0.3, -0.25) is 19.8 Å². The Morgan fingerprint density at radius 1 is 1.27 bits per heavy atom. The zero-order valence-corrected chi connectivity index (χ0v) is 15.5. The van der Waals surface area contributed by atoms with E-state index in [1.165, 1.54) is 24.6 Å². The van der Waals surface area contributed by atoms with Crippen molar-refractivity contribution in [3.63, 3.8) is 0 Å². The van der Waals surface area contributed by atoms with Crippen molar-refractivity contribution < 1.29 is 14.5 Å². The van der Waals surface area contributed by atoms with Gasteiger partial charge in [-0.15, -0.1) is 0 Å². The zero-order chi connectivity index (χ0) is 18.6. The second kappa shape index (κ2) is 8.33. The number of hydrogen-bond acceptors (Lipinski definition) is 5. The molecule has 1 saturated carbocycles. The Morgan fingerprint density at radius 2 is 1.96 bits per heavy atom. The number of amides is 1. The van der Waals surface area contributed by atoms with Gasteiger partial charge in [0, 0.05) is 37.3 Å². The molecule has 8 heteroatoms. The van der Waals surface area contributed by atoms with Crippen LogP contribution in [0.15, 0.2) is 18.2 Å². The van der Waals surface area contributed by atoms with Crippen LogP contribution in [0.25, 0.3) is 0 Å². The first kappa shape index (κ1) is 19.1. The van der Waals surface area contributed by atoms with Gasteiger partial charge in [-0.2, -0.15) is 0 Å². The second-order valence-corrected chi connectivity index (χ2v) is 7.40. The van der Waals surface area contributed by atoms with Crippen LogP contribution >= 0.6 is 11.6 Å². The zero-order valence-electron chi connectivity index (χ0n) is 14.7. The second-order valence-electron chi connectivity index (χ2n) is 6.99. The number of nitro groups is 1. The summed E-state index contributed by atoms with van der Waals surface area (Å²) in [7, 11) is 0. The summed E-state index contributed by atoms with van der Waals surface area (Å²) >= 11 is 6.09. The number of carbonyl (C=O) groups is 1. The molecule has 3 rings (SSSR count).